The average molecular weight is 458 g/mol. The molecule has 1 amide bonds. The zero-order valence-corrected chi connectivity index (χ0v) is 18.9. The number of fused-ring (bicyclic) bond motifs is 1. The zero-order chi connectivity index (χ0) is 24.4. The summed E-state index contributed by atoms with van der Waals surface area (Å²) in [5, 5.41) is 2.84. The number of benzene rings is 2. The number of pyridine rings is 1. The standard InChI is InChI=1S/C25H22N4O5/c1-15-13-16(2)26-22-21(15)23(31)28(25(33)29(22)17-9-5-4-6-10-17)14-20(30)27-19-12-8-7-11-18(19)24(32)34-3/h4-13H,14H2,1-3H3,(H,27,30). The Morgan fingerprint density at radius 3 is 2.38 bits per heavy atom. The molecular weight excluding hydrogens is 436 g/mol. The van der Waals surface area contributed by atoms with Gasteiger partial charge in [0.05, 0.1) is 29.4 Å². The number of aromatic nitrogens is 3. The minimum Gasteiger partial charge on any atom is -0.465 e. The number of anilines is 1. The number of carbonyl (C=O) groups excluding carboxylic acids is 2. The van der Waals surface area contributed by atoms with Gasteiger partial charge in [-0.05, 0) is 49.7 Å². The molecule has 0 unspecified atom stereocenters. The largest absolute Gasteiger partial charge is 0.465 e. The van der Waals surface area contributed by atoms with Crippen LogP contribution in [-0.2, 0) is 16.1 Å². The lowest BCUT2D eigenvalue weighted by atomic mass is 10.1. The molecule has 2 heterocycles. The normalized spacial score (nSPS) is 10.8. The summed E-state index contributed by atoms with van der Waals surface area (Å²) in [7, 11) is 1.24. The molecule has 0 saturated carbocycles. The SMILES string of the molecule is COC(=O)c1ccccc1NC(=O)Cn1c(=O)c2c(C)cc(C)nc2n(-c2ccccc2)c1=O. The third-order valence-corrected chi connectivity index (χ3v) is 5.34. The van der Waals surface area contributed by atoms with Gasteiger partial charge < -0.3 is 10.1 Å². The number of ether oxygens (including phenoxy) is 1. The number of para-hydroxylation sites is 2. The number of hydrogen-bond donors (Lipinski definition) is 1. The van der Waals surface area contributed by atoms with Crippen LogP contribution in [0.2, 0.25) is 0 Å². The molecule has 0 fully saturated rings. The Balaban J connectivity index is 1.85. The van der Waals surface area contributed by atoms with Crippen molar-refractivity contribution in [3.8, 4) is 5.69 Å². The molecule has 4 rings (SSSR count). The third-order valence-electron chi connectivity index (χ3n) is 5.34. The van der Waals surface area contributed by atoms with Gasteiger partial charge >= 0.3 is 11.7 Å². The van der Waals surface area contributed by atoms with Crippen LogP contribution in [0, 0.1) is 13.8 Å². The number of amides is 1. The maximum absolute atomic E-state index is 13.5. The van der Waals surface area contributed by atoms with Crippen molar-refractivity contribution in [2.24, 2.45) is 0 Å². The second kappa shape index (κ2) is 9.14. The molecule has 0 bridgehead atoms. The highest BCUT2D eigenvalue weighted by Crippen LogP contribution is 2.18. The van der Waals surface area contributed by atoms with Crippen LogP contribution in [0.4, 0.5) is 5.69 Å². The van der Waals surface area contributed by atoms with E-state index in [2.05, 4.69) is 10.3 Å². The van der Waals surface area contributed by atoms with E-state index in [0.717, 1.165) is 4.57 Å². The molecule has 0 aliphatic rings. The van der Waals surface area contributed by atoms with Gasteiger partial charge in [-0.3, -0.25) is 9.59 Å². The highest BCUT2D eigenvalue weighted by Gasteiger charge is 2.20. The Morgan fingerprint density at radius 1 is 1.00 bits per heavy atom. The number of aryl methyl sites for hydroxylation is 2. The summed E-state index contributed by atoms with van der Waals surface area (Å²) in [6.45, 7) is 2.99. The molecular formula is C25H22N4O5. The summed E-state index contributed by atoms with van der Waals surface area (Å²) in [5.41, 5.74) is 1.09. The number of hydrogen-bond acceptors (Lipinski definition) is 6. The van der Waals surface area contributed by atoms with Crippen molar-refractivity contribution in [1.82, 2.24) is 14.1 Å². The Bertz CT molecular complexity index is 1540. The van der Waals surface area contributed by atoms with E-state index < -0.39 is 29.7 Å². The molecule has 0 spiro atoms. The molecule has 9 nitrogen and oxygen atoms in total. The quantitative estimate of drug-likeness (QED) is 0.460. The van der Waals surface area contributed by atoms with Gasteiger partial charge in [-0.15, -0.1) is 0 Å². The Hall–Kier alpha value is -4.53. The maximum atomic E-state index is 13.5. The smallest absolute Gasteiger partial charge is 0.339 e. The summed E-state index contributed by atoms with van der Waals surface area (Å²) in [4.78, 5) is 56.2. The predicted octanol–water partition coefficient (Wildman–Crippen LogP) is 2.59. The molecule has 0 aliphatic heterocycles. The van der Waals surface area contributed by atoms with Gasteiger partial charge in [0, 0.05) is 5.69 Å². The molecule has 0 saturated heterocycles. The average Bonchev–Trinajstić information content (AvgIpc) is 2.82. The molecule has 172 valence electrons. The van der Waals surface area contributed by atoms with Crippen LogP contribution in [-0.4, -0.2) is 33.1 Å². The summed E-state index contributed by atoms with van der Waals surface area (Å²) < 4.78 is 6.94. The Labute approximate surface area is 194 Å². The van der Waals surface area contributed by atoms with Crippen LogP contribution in [0.1, 0.15) is 21.6 Å². The molecule has 1 N–H and O–H groups in total. The van der Waals surface area contributed by atoms with Gasteiger partial charge in [0.1, 0.15) is 6.54 Å². The number of methoxy groups -OCH3 is 1. The second-order valence-electron chi connectivity index (χ2n) is 7.71. The lowest BCUT2D eigenvalue weighted by Gasteiger charge is -2.15. The molecule has 2 aromatic heterocycles. The van der Waals surface area contributed by atoms with Gasteiger partial charge in [-0.25, -0.2) is 23.7 Å². The molecule has 0 radical (unpaired) electrons. The Morgan fingerprint density at radius 2 is 1.68 bits per heavy atom. The monoisotopic (exact) mass is 458 g/mol. The fourth-order valence-electron chi connectivity index (χ4n) is 3.84. The molecule has 2 aromatic carbocycles. The third kappa shape index (κ3) is 4.11. The van der Waals surface area contributed by atoms with Gasteiger partial charge in [0.2, 0.25) is 5.91 Å². The molecule has 4 aromatic rings. The fraction of sp³-hybridized carbons (Fsp3) is 0.160. The first-order valence-electron chi connectivity index (χ1n) is 10.5. The van der Waals surface area contributed by atoms with Gasteiger partial charge in [-0.1, -0.05) is 30.3 Å². The van der Waals surface area contributed by atoms with E-state index in [-0.39, 0.29) is 22.3 Å². The van der Waals surface area contributed by atoms with E-state index in [0.29, 0.717) is 16.9 Å². The highest BCUT2D eigenvalue weighted by atomic mass is 16.5. The van der Waals surface area contributed by atoms with E-state index in [1.807, 2.05) is 6.07 Å². The summed E-state index contributed by atoms with van der Waals surface area (Å²) >= 11 is 0. The van der Waals surface area contributed by atoms with E-state index in [1.54, 1.807) is 56.3 Å². The summed E-state index contributed by atoms with van der Waals surface area (Å²) in [6.07, 6.45) is 0. The summed E-state index contributed by atoms with van der Waals surface area (Å²) in [5.74, 6) is -1.27. The van der Waals surface area contributed by atoms with Gasteiger partial charge in [0.25, 0.3) is 5.56 Å². The second-order valence-corrected chi connectivity index (χ2v) is 7.71. The van der Waals surface area contributed by atoms with Crippen molar-refractivity contribution in [3.63, 3.8) is 0 Å². The lowest BCUT2D eigenvalue weighted by molar-refractivity contribution is -0.116. The van der Waals surface area contributed by atoms with Gasteiger partial charge in [-0.2, -0.15) is 0 Å². The lowest BCUT2D eigenvalue weighted by Crippen LogP contribution is -2.42. The topological polar surface area (TPSA) is 112 Å². The van der Waals surface area contributed by atoms with Crippen LogP contribution in [0.15, 0.2) is 70.3 Å². The zero-order valence-electron chi connectivity index (χ0n) is 18.9. The number of carbonyl (C=O) groups is 2. The molecule has 0 atom stereocenters. The minimum atomic E-state index is -0.697. The first-order chi connectivity index (χ1) is 16.3. The molecule has 9 heteroatoms. The first-order valence-corrected chi connectivity index (χ1v) is 10.5. The van der Waals surface area contributed by atoms with Crippen LogP contribution in [0.5, 0.6) is 0 Å². The number of nitrogens with zero attached hydrogens (tertiary/aromatic N) is 3. The number of nitrogens with one attached hydrogen (secondary N) is 1. The van der Waals surface area contributed by atoms with Crippen molar-refractivity contribution in [2.45, 2.75) is 20.4 Å². The van der Waals surface area contributed by atoms with Crippen LogP contribution < -0.4 is 16.6 Å². The van der Waals surface area contributed by atoms with E-state index in [9.17, 15) is 19.2 Å². The number of esters is 1. The van der Waals surface area contributed by atoms with Crippen molar-refractivity contribution in [3.05, 3.63) is 98.3 Å². The number of rotatable bonds is 5. The maximum Gasteiger partial charge on any atom is 0.339 e. The molecule has 0 aliphatic carbocycles. The van der Waals surface area contributed by atoms with E-state index >= 15 is 0 Å². The van der Waals surface area contributed by atoms with Crippen molar-refractivity contribution in [1.29, 1.82) is 0 Å². The van der Waals surface area contributed by atoms with E-state index in [4.69, 9.17) is 4.74 Å². The van der Waals surface area contributed by atoms with E-state index in [1.165, 1.54) is 23.8 Å². The first kappa shape index (κ1) is 22.7. The van der Waals surface area contributed by atoms with Crippen molar-refractivity contribution < 1.29 is 14.3 Å². The predicted molar refractivity (Wildman–Crippen MR) is 127 cm³/mol. The highest BCUT2D eigenvalue weighted by molar-refractivity contribution is 6.01. The van der Waals surface area contributed by atoms with Crippen molar-refractivity contribution in [2.75, 3.05) is 12.4 Å². The fourth-order valence-corrected chi connectivity index (χ4v) is 3.84. The molecule has 34 heavy (non-hydrogen) atoms. The summed E-state index contributed by atoms with van der Waals surface area (Å²) in [6, 6.07) is 16.9. The van der Waals surface area contributed by atoms with Crippen LogP contribution in [0.3, 0.4) is 0 Å². The van der Waals surface area contributed by atoms with Crippen LogP contribution in [0.25, 0.3) is 16.7 Å². The van der Waals surface area contributed by atoms with Crippen LogP contribution >= 0.6 is 0 Å². The minimum absolute atomic E-state index is 0.154. The van der Waals surface area contributed by atoms with Crippen molar-refractivity contribution >= 4 is 28.6 Å². The Kier molecular flexibility index (Phi) is 6.09. The van der Waals surface area contributed by atoms with Gasteiger partial charge in [0.15, 0.2) is 5.65 Å².